The third-order valence-electron chi connectivity index (χ3n) is 4.58. The van der Waals surface area contributed by atoms with Gasteiger partial charge in [0.15, 0.2) is 5.82 Å². The molecule has 1 aliphatic rings. The van der Waals surface area contributed by atoms with E-state index < -0.39 is 0 Å². The van der Waals surface area contributed by atoms with E-state index in [1.807, 2.05) is 43.3 Å². The molecule has 2 aromatic rings. The maximum absolute atomic E-state index is 5.89. The number of hydrogen-bond donors (Lipinski definition) is 0. The molecule has 6 heteroatoms. The van der Waals surface area contributed by atoms with E-state index in [-0.39, 0.29) is 0 Å². The van der Waals surface area contributed by atoms with Gasteiger partial charge in [-0.05, 0) is 74.1 Å². The Morgan fingerprint density at radius 2 is 2.00 bits per heavy atom. The van der Waals surface area contributed by atoms with Crippen molar-refractivity contribution < 1.29 is 9.57 Å². The minimum atomic E-state index is 0.579. The Hall–Kier alpha value is -2.63. The van der Waals surface area contributed by atoms with Crippen molar-refractivity contribution in [2.45, 2.75) is 26.2 Å². The fraction of sp³-hybridized carbons (Fsp3) is 0.450. The molecule has 0 N–H and O–H groups in total. The fourth-order valence-corrected chi connectivity index (χ4v) is 3.08. The Kier molecular flexibility index (Phi) is 6.81. The molecule has 0 amide bonds. The van der Waals surface area contributed by atoms with Gasteiger partial charge in [-0.2, -0.15) is 5.10 Å². The molecular formula is C20H26N4O2. The van der Waals surface area contributed by atoms with Gasteiger partial charge in [-0.3, -0.25) is 0 Å². The van der Waals surface area contributed by atoms with Crippen LogP contribution in [0.1, 0.15) is 31.7 Å². The summed E-state index contributed by atoms with van der Waals surface area (Å²) < 4.78 is 5.89. The second kappa shape index (κ2) is 9.75. The highest BCUT2D eigenvalue weighted by Crippen LogP contribution is 2.24. The third kappa shape index (κ3) is 5.44. The molecule has 1 aromatic heterocycles. The quantitative estimate of drug-likeness (QED) is 0.536. The van der Waals surface area contributed by atoms with E-state index >= 15 is 0 Å². The van der Waals surface area contributed by atoms with Crippen LogP contribution in [0.3, 0.4) is 0 Å². The molecule has 6 nitrogen and oxygen atoms in total. The lowest BCUT2D eigenvalue weighted by atomic mass is 9.94. The van der Waals surface area contributed by atoms with Crippen LogP contribution in [0.25, 0.3) is 0 Å². The van der Waals surface area contributed by atoms with Crippen LogP contribution < -0.4 is 9.64 Å². The number of rotatable bonds is 8. The van der Waals surface area contributed by atoms with Crippen LogP contribution in [0.5, 0.6) is 5.75 Å². The van der Waals surface area contributed by atoms with Crippen molar-refractivity contribution in [1.29, 1.82) is 0 Å². The van der Waals surface area contributed by atoms with Gasteiger partial charge in [0.2, 0.25) is 0 Å². The number of ether oxygens (including phenoxy) is 1. The molecule has 0 spiro atoms. The summed E-state index contributed by atoms with van der Waals surface area (Å²) in [6.07, 6.45) is 6.85. The van der Waals surface area contributed by atoms with Crippen LogP contribution in [0.15, 0.2) is 47.8 Å². The average Bonchev–Trinajstić information content (AvgIpc) is 2.71. The van der Waals surface area contributed by atoms with Crippen LogP contribution >= 0.6 is 0 Å². The van der Waals surface area contributed by atoms with Gasteiger partial charge in [0.05, 0.1) is 12.8 Å². The Bertz CT molecular complexity index is 668. The zero-order valence-electron chi connectivity index (χ0n) is 15.3. The molecule has 138 valence electrons. The van der Waals surface area contributed by atoms with E-state index in [4.69, 9.17) is 9.57 Å². The molecule has 3 rings (SSSR count). The van der Waals surface area contributed by atoms with Crippen LogP contribution in [0, 0.1) is 5.92 Å². The van der Waals surface area contributed by atoms with E-state index in [0.29, 0.717) is 12.5 Å². The fourth-order valence-electron chi connectivity index (χ4n) is 3.08. The topological polar surface area (TPSA) is 59.8 Å². The number of oxime groups is 1. The summed E-state index contributed by atoms with van der Waals surface area (Å²) in [6.45, 7) is 5.32. The minimum absolute atomic E-state index is 0.579. The summed E-state index contributed by atoms with van der Waals surface area (Å²) in [7, 11) is 0. The van der Waals surface area contributed by atoms with Crippen molar-refractivity contribution in [3.05, 3.63) is 48.2 Å². The second-order valence-corrected chi connectivity index (χ2v) is 6.37. The van der Waals surface area contributed by atoms with E-state index in [0.717, 1.165) is 43.2 Å². The van der Waals surface area contributed by atoms with Gasteiger partial charge >= 0.3 is 0 Å². The second-order valence-electron chi connectivity index (χ2n) is 6.37. The number of anilines is 1. The minimum Gasteiger partial charge on any atom is -0.494 e. The zero-order chi connectivity index (χ0) is 18.0. The molecule has 1 aliphatic heterocycles. The Morgan fingerprint density at radius 1 is 1.19 bits per heavy atom. The van der Waals surface area contributed by atoms with Crippen molar-refractivity contribution in [3.8, 4) is 5.75 Å². The first-order chi connectivity index (χ1) is 12.8. The predicted molar refractivity (Wildman–Crippen MR) is 103 cm³/mol. The molecule has 1 fully saturated rings. The molecule has 0 unspecified atom stereocenters. The van der Waals surface area contributed by atoms with E-state index in [2.05, 4.69) is 20.3 Å². The van der Waals surface area contributed by atoms with Crippen molar-refractivity contribution in [2.24, 2.45) is 11.1 Å². The smallest absolute Gasteiger partial charge is 0.151 e. The van der Waals surface area contributed by atoms with Crippen LogP contribution in [-0.2, 0) is 4.84 Å². The maximum Gasteiger partial charge on any atom is 0.151 e. The van der Waals surface area contributed by atoms with E-state index in [1.165, 1.54) is 12.8 Å². The first-order valence-corrected chi connectivity index (χ1v) is 9.26. The number of hydrogen-bond acceptors (Lipinski definition) is 6. The molecule has 0 bridgehead atoms. The normalized spacial score (nSPS) is 15.3. The molecule has 2 heterocycles. The Morgan fingerprint density at radius 3 is 2.69 bits per heavy atom. The van der Waals surface area contributed by atoms with Crippen molar-refractivity contribution in [2.75, 3.05) is 31.2 Å². The van der Waals surface area contributed by atoms with Crippen molar-refractivity contribution >= 4 is 12.0 Å². The van der Waals surface area contributed by atoms with Gasteiger partial charge in [0.1, 0.15) is 12.4 Å². The van der Waals surface area contributed by atoms with Crippen LogP contribution in [-0.4, -0.2) is 42.7 Å². The lowest BCUT2D eigenvalue weighted by molar-refractivity contribution is 0.160. The first-order valence-electron chi connectivity index (χ1n) is 9.26. The molecule has 0 atom stereocenters. The summed E-state index contributed by atoms with van der Waals surface area (Å²) in [6, 6.07) is 11.9. The average molecular weight is 354 g/mol. The SMILES string of the molecule is CCON=Cc1ccc(OCCC2CCN(c3cccnn3)CC2)cc1. The molecule has 1 aromatic carbocycles. The summed E-state index contributed by atoms with van der Waals surface area (Å²) in [5.74, 6) is 2.59. The summed E-state index contributed by atoms with van der Waals surface area (Å²) >= 11 is 0. The van der Waals surface area contributed by atoms with Gasteiger partial charge in [-0.15, -0.1) is 5.10 Å². The monoisotopic (exact) mass is 354 g/mol. The zero-order valence-corrected chi connectivity index (χ0v) is 15.3. The highest BCUT2D eigenvalue weighted by Gasteiger charge is 2.20. The number of aromatic nitrogens is 2. The van der Waals surface area contributed by atoms with Crippen LogP contribution in [0.4, 0.5) is 5.82 Å². The molecule has 0 aliphatic carbocycles. The molecule has 1 saturated heterocycles. The number of piperidine rings is 1. The highest BCUT2D eigenvalue weighted by atomic mass is 16.6. The maximum atomic E-state index is 5.89. The highest BCUT2D eigenvalue weighted by molar-refractivity contribution is 5.79. The predicted octanol–water partition coefficient (Wildman–Crippen LogP) is 3.53. The molecule has 0 radical (unpaired) electrons. The number of benzene rings is 1. The van der Waals surface area contributed by atoms with E-state index in [1.54, 1.807) is 12.4 Å². The van der Waals surface area contributed by atoms with Gasteiger partial charge in [-0.25, -0.2) is 0 Å². The lowest BCUT2D eigenvalue weighted by Gasteiger charge is -2.32. The van der Waals surface area contributed by atoms with Gasteiger partial charge in [-0.1, -0.05) is 5.16 Å². The Balaban J connectivity index is 1.36. The number of nitrogens with zero attached hydrogens (tertiary/aromatic N) is 4. The first kappa shape index (κ1) is 18.2. The summed E-state index contributed by atoms with van der Waals surface area (Å²) in [4.78, 5) is 7.28. The van der Waals surface area contributed by atoms with Crippen molar-refractivity contribution in [3.63, 3.8) is 0 Å². The third-order valence-corrected chi connectivity index (χ3v) is 4.58. The van der Waals surface area contributed by atoms with Gasteiger partial charge < -0.3 is 14.5 Å². The molecule has 0 saturated carbocycles. The molecule has 26 heavy (non-hydrogen) atoms. The standard InChI is InChI=1S/C20H26N4O2/c1-2-26-22-16-18-5-7-19(8-6-18)25-15-11-17-9-13-24(14-10-17)20-4-3-12-21-23-20/h3-8,12,16-17H,2,9-11,13-15H2,1H3. The summed E-state index contributed by atoms with van der Waals surface area (Å²) in [5.41, 5.74) is 1.00. The van der Waals surface area contributed by atoms with Gasteiger partial charge in [0, 0.05) is 19.3 Å². The largest absolute Gasteiger partial charge is 0.494 e. The van der Waals surface area contributed by atoms with Crippen molar-refractivity contribution in [1.82, 2.24) is 10.2 Å². The van der Waals surface area contributed by atoms with E-state index in [9.17, 15) is 0 Å². The van der Waals surface area contributed by atoms with Gasteiger partial charge in [0.25, 0.3) is 0 Å². The molecular weight excluding hydrogens is 328 g/mol. The lowest BCUT2D eigenvalue weighted by Crippen LogP contribution is -2.34. The summed E-state index contributed by atoms with van der Waals surface area (Å²) in [5, 5.41) is 12.0. The Labute approximate surface area is 154 Å². The van der Waals surface area contributed by atoms with Crippen LogP contribution in [0.2, 0.25) is 0 Å².